The molecule has 3 atom stereocenters. The van der Waals surface area contributed by atoms with Gasteiger partial charge in [0.05, 0.1) is 30.0 Å². The number of amides is 1. The van der Waals surface area contributed by atoms with Gasteiger partial charge >= 0.3 is 6.18 Å². The zero-order valence-electron chi connectivity index (χ0n) is 15.6. The molecule has 0 bridgehead atoms. The van der Waals surface area contributed by atoms with Crippen LogP contribution < -0.4 is 10.6 Å². The summed E-state index contributed by atoms with van der Waals surface area (Å²) in [5.41, 5.74) is -0.427. The number of nitrogens with one attached hydrogen (secondary N) is 2. The van der Waals surface area contributed by atoms with Crippen LogP contribution in [0.15, 0.2) is 24.4 Å². The lowest BCUT2D eigenvalue weighted by molar-refractivity contribution is -0.137. The van der Waals surface area contributed by atoms with E-state index in [1.165, 1.54) is 4.68 Å². The van der Waals surface area contributed by atoms with E-state index in [9.17, 15) is 22.4 Å². The Morgan fingerprint density at radius 3 is 2.57 bits per heavy atom. The van der Waals surface area contributed by atoms with Gasteiger partial charge in [-0.1, -0.05) is 25.1 Å². The number of carbonyl (C=O) groups excluding carboxylic acids is 1. The molecule has 28 heavy (non-hydrogen) atoms. The summed E-state index contributed by atoms with van der Waals surface area (Å²) in [6.45, 7) is 5.43. The lowest BCUT2D eigenvalue weighted by Crippen LogP contribution is -2.51. The van der Waals surface area contributed by atoms with E-state index in [2.05, 4.69) is 20.9 Å². The molecule has 1 aromatic carbocycles. The van der Waals surface area contributed by atoms with E-state index in [1.807, 2.05) is 13.8 Å². The molecule has 0 saturated carbocycles. The SMILES string of the molecule is CC1NC(=O)CC(c2cn(C(c3ccc(C(F)(F)F)cc3F)C(C)C)nn2)N1. The van der Waals surface area contributed by atoms with Crippen molar-refractivity contribution in [1.82, 2.24) is 25.6 Å². The van der Waals surface area contributed by atoms with Crippen molar-refractivity contribution < 1.29 is 22.4 Å². The van der Waals surface area contributed by atoms with E-state index in [1.54, 1.807) is 13.1 Å². The summed E-state index contributed by atoms with van der Waals surface area (Å²) in [7, 11) is 0. The molecule has 2 aromatic rings. The molecule has 2 heterocycles. The van der Waals surface area contributed by atoms with Crippen LogP contribution in [-0.4, -0.2) is 27.1 Å². The van der Waals surface area contributed by atoms with E-state index < -0.39 is 23.6 Å². The number of hydrogen-bond acceptors (Lipinski definition) is 4. The van der Waals surface area contributed by atoms with Crippen molar-refractivity contribution in [1.29, 1.82) is 0 Å². The minimum Gasteiger partial charge on any atom is -0.341 e. The summed E-state index contributed by atoms with van der Waals surface area (Å²) in [5, 5.41) is 14.1. The predicted octanol–water partition coefficient (Wildman–Crippen LogP) is 3.18. The van der Waals surface area contributed by atoms with Gasteiger partial charge in [-0.15, -0.1) is 5.10 Å². The molecular weight excluding hydrogens is 378 g/mol. The molecule has 1 saturated heterocycles. The molecule has 3 unspecified atom stereocenters. The zero-order chi connectivity index (χ0) is 20.6. The molecule has 152 valence electrons. The van der Waals surface area contributed by atoms with Crippen LogP contribution in [0.1, 0.15) is 56.1 Å². The number of nitrogens with zero attached hydrogens (tertiary/aromatic N) is 3. The van der Waals surface area contributed by atoms with Crippen molar-refractivity contribution in [2.24, 2.45) is 5.92 Å². The molecule has 6 nitrogen and oxygen atoms in total. The number of carbonyl (C=O) groups is 1. The van der Waals surface area contributed by atoms with Crippen LogP contribution in [0.25, 0.3) is 0 Å². The van der Waals surface area contributed by atoms with Gasteiger partial charge < -0.3 is 5.32 Å². The van der Waals surface area contributed by atoms with Gasteiger partial charge in [0.15, 0.2) is 0 Å². The average Bonchev–Trinajstić information content (AvgIpc) is 3.04. The standard InChI is InChI=1S/C18H21F4N5O/c1-9(2)17(12-5-4-11(6-13(12)19)18(20,21)22)27-8-15(25-26-27)14-7-16(28)24-10(3)23-14/h4-6,8-10,14,17,23H,7H2,1-3H3,(H,24,28). The molecule has 0 radical (unpaired) electrons. The van der Waals surface area contributed by atoms with Gasteiger partial charge in [-0.05, 0) is 25.0 Å². The van der Waals surface area contributed by atoms with Gasteiger partial charge in [-0.3, -0.25) is 10.1 Å². The molecule has 1 aliphatic rings. The van der Waals surface area contributed by atoms with Gasteiger partial charge in [0, 0.05) is 12.0 Å². The Hall–Kier alpha value is -2.49. The lowest BCUT2D eigenvalue weighted by atomic mass is 9.94. The third kappa shape index (κ3) is 4.16. The van der Waals surface area contributed by atoms with Crippen molar-refractivity contribution in [3.63, 3.8) is 0 Å². The second-order valence-electron chi connectivity index (χ2n) is 7.26. The Kier molecular flexibility index (Phi) is 5.42. The first-order valence-electron chi connectivity index (χ1n) is 8.90. The van der Waals surface area contributed by atoms with Crippen molar-refractivity contribution in [3.8, 4) is 0 Å². The molecule has 2 N–H and O–H groups in total. The number of aromatic nitrogens is 3. The largest absolute Gasteiger partial charge is 0.416 e. The Balaban J connectivity index is 1.92. The maximum Gasteiger partial charge on any atom is 0.416 e. The van der Waals surface area contributed by atoms with Crippen molar-refractivity contribution in [2.75, 3.05) is 0 Å². The monoisotopic (exact) mass is 399 g/mol. The Morgan fingerprint density at radius 1 is 1.29 bits per heavy atom. The zero-order valence-corrected chi connectivity index (χ0v) is 15.6. The molecular formula is C18H21F4N5O. The second kappa shape index (κ2) is 7.50. The fraction of sp³-hybridized carbons (Fsp3) is 0.500. The van der Waals surface area contributed by atoms with E-state index >= 15 is 0 Å². The van der Waals surface area contributed by atoms with E-state index in [0.29, 0.717) is 11.8 Å². The van der Waals surface area contributed by atoms with Gasteiger partial charge in [0.1, 0.15) is 11.5 Å². The highest BCUT2D eigenvalue weighted by molar-refractivity contribution is 5.77. The molecule has 1 fully saturated rings. The average molecular weight is 399 g/mol. The number of rotatable bonds is 4. The Bertz CT molecular complexity index is 864. The normalized spacial score (nSPS) is 21.6. The minimum absolute atomic E-state index is 0.0992. The van der Waals surface area contributed by atoms with Gasteiger partial charge in [0.25, 0.3) is 0 Å². The van der Waals surface area contributed by atoms with Crippen molar-refractivity contribution in [3.05, 3.63) is 47.0 Å². The Morgan fingerprint density at radius 2 is 2.00 bits per heavy atom. The van der Waals surface area contributed by atoms with Gasteiger partial charge in [-0.25, -0.2) is 9.07 Å². The molecule has 1 aromatic heterocycles. The van der Waals surface area contributed by atoms with E-state index in [4.69, 9.17) is 0 Å². The van der Waals surface area contributed by atoms with Gasteiger partial charge in [0.2, 0.25) is 5.91 Å². The highest BCUT2D eigenvalue weighted by Gasteiger charge is 2.33. The maximum absolute atomic E-state index is 14.5. The molecule has 10 heteroatoms. The van der Waals surface area contributed by atoms with Crippen LogP contribution in [0.2, 0.25) is 0 Å². The summed E-state index contributed by atoms with van der Waals surface area (Å²) in [4.78, 5) is 11.7. The summed E-state index contributed by atoms with van der Waals surface area (Å²) in [6.07, 6.45) is -3.06. The minimum atomic E-state index is -4.61. The predicted molar refractivity (Wildman–Crippen MR) is 92.5 cm³/mol. The first kappa shape index (κ1) is 20.2. The smallest absolute Gasteiger partial charge is 0.341 e. The third-order valence-electron chi connectivity index (χ3n) is 4.67. The van der Waals surface area contributed by atoms with Crippen LogP contribution in [-0.2, 0) is 11.0 Å². The van der Waals surface area contributed by atoms with Crippen LogP contribution in [0, 0.1) is 11.7 Å². The quantitative estimate of drug-likeness (QED) is 0.775. The lowest BCUT2D eigenvalue weighted by Gasteiger charge is -2.28. The fourth-order valence-corrected chi connectivity index (χ4v) is 3.41. The number of hydrogen-bond donors (Lipinski definition) is 2. The van der Waals surface area contributed by atoms with E-state index in [0.717, 1.165) is 12.1 Å². The fourth-order valence-electron chi connectivity index (χ4n) is 3.41. The van der Waals surface area contributed by atoms with Crippen LogP contribution in [0.5, 0.6) is 0 Å². The second-order valence-corrected chi connectivity index (χ2v) is 7.26. The summed E-state index contributed by atoms with van der Waals surface area (Å²) in [5.74, 6) is -1.24. The molecule has 1 aliphatic heterocycles. The number of benzene rings is 1. The first-order chi connectivity index (χ1) is 13.1. The highest BCUT2D eigenvalue weighted by Crippen LogP contribution is 2.34. The van der Waals surface area contributed by atoms with Crippen LogP contribution in [0.3, 0.4) is 0 Å². The Labute approximate surface area is 159 Å². The summed E-state index contributed by atoms with van der Waals surface area (Å²) >= 11 is 0. The molecule has 1 amide bonds. The van der Waals surface area contributed by atoms with Crippen molar-refractivity contribution in [2.45, 2.75) is 51.6 Å². The van der Waals surface area contributed by atoms with Gasteiger partial charge in [-0.2, -0.15) is 13.2 Å². The van der Waals surface area contributed by atoms with Crippen LogP contribution >= 0.6 is 0 Å². The maximum atomic E-state index is 14.5. The van der Waals surface area contributed by atoms with Crippen LogP contribution in [0.4, 0.5) is 17.6 Å². The topological polar surface area (TPSA) is 71.8 Å². The summed E-state index contributed by atoms with van der Waals surface area (Å²) < 4.78 is 54.4. The molecule has 3 rings (SSSR count). The number of alkyl halides is 3. The molecule has 0 aliphatic carbocycles. The van der Waals surface area contributed by atoms with Crippen molar-refractivity contribution >= 4 is 5.91 Å². The molecule has 0 spiro atoms. The highest BCUT2D eigenvalue weighted by atomic mass is 19.4. The summed E-state index contributed by atoms with van der Waals surface area (Å²) in [6, 6.07) is 1.51. The number of halogens is 4. The first-order valence-corrected chi connectivity index (χ1v) is 8.90. The van der Waals surface area contributed by atoms with E-state index in [-0.39, 0.29) is 36.0 Å². The third-order valence-corrected chi connectivity index (χ3v) is 4.67.